The predicted octanol–water partition coefficient (Wildman–Crippen LogP) is 3.67. The highest BCUT2D eigenvalue weighted by atomic mass is 16.5. The van der Waals surface area contributed by atoms with Crippen molar-refractivity contribution in [3.63, 3.8) is 0 Å². The summed E-state index contributed by atoms with van der Waals surface area (Å²) in [6.45, 7) is 1.80. The second-order valence-electron chi connectivity index (χ2n) is 6.65. The molecule has 0 unspecified atom stereocenters. The van der Waals surface area contributed by atoms with Gasteiger partial charge in [-0.3, -0.25) is 9.78 Å². The molecule has 0 saturated carbocycles. The molecule has 146 valence electrons. The van der Waals surface area contributed by atoms with E-state index in [-0.39, 0.29) is 11.7 Å². The Morgan fingerprint density at radius 2 is 1.97 bits per heavy atom. The topological polar surface area (TPSA) is 93.8 Å². The van der Waals surface area contributed by atoms with Crippen molar-refractivity contribution in [1.29, 1.82) is 0 Å². The summed E-state index contributed by atoms with van der Waals surface area (Å²) >= 11 is 0. The molecule has 1 N–H and O–H groups in total. The molecule has 0 bridgehead atoms. The van der Waals surface area contributed by atoms with E-state index in [1.807, 2.05) is 6.07 Å². The minimum atomic E-state index is -0.554. The summed E-state index contributed by atoms with van der Waals surface area (Å²) in [5.74, 6) is 0.392. The van der Waals surface area contributed by atoms with Gasteiger partial charge in [-0.1, -0.05) is 18.2 Å². The zero-order valence-electron chi connectivity index (χ0n) is 15.8. The first-order valence-electron chi connectivity index (χ1n) is 9.30. The van der Waals surface area contributed by atoms with E-state index in [4.69, 9.17) is 9.15 Å². The fraction of sp³-hybridized carbons (Fsp3) is 0.182. The molecule has 0 saturated heterocycles. The zero-order valence-corrected chi connectivity index (χ0v) is 15.8. The Hall–Kier alpha value is -3.74. The van der Waals surface area contributed by atoms with Crippen LogP contribution >= 0.6 is 0 Å². The molecule has 0 atom stereocenters. The summed E-state index contributed by atoms with van der Waals surface area (Å²) in [5.41, 5.74) is 5.10. The number of pyridine rings is 1. The largest absolute Gasteiger partial charge is 0.453 e. The molecule has 1 aromatic carbocycles. The molecule has 0 spiro atoms. The van der Waals surface area contributed by atoms with Crippen LogP contribution in [0.5, 0.6) is 5.75 Å². The van der Waals surface area contributed by atoms with Crippen molar-refractivity contribution >= 4 is 17.6 Å². The van der Waals surface area contributed by atoms with E-state index in [1.165, 1.54) is 6.20 Å². The van der Waals surface area contributed by atoms with Gasteiger partial charge < -0.3 is 9.15 Å². The number of fused-ring (bicyclic) bond motifs is 1. The number of furan rings is 1. The molecule has 3 aromatic rings. The molecule has 2 aromatic heterocycles. The SMILES string of the molecule is Cc1c(C(=O)Oc2ccccc2)oc2c1/C(=N/NC(=O)c1cccnc1)CCC2. The second kappa shape index (κ2) is 8.10. The molecule has 1 aliphatic rings. The maximum atomic E-state index is 12.6. The summed E-state index contributed by atoms with van der Waals surface area (Å²) in [6.07, 6.45) is 5.26. The number of amides is 1. The Morgan fingerprint density at radius 3 is 2.72 bits per heavy atom. The highest BCUT2D eigenvalue weighted by Crippen LogP contribution is 2.30. The van der Waals surface area contributed by atoms with Crippen LogP contribution in [0, 0.1) is 6.92 Å². The fourth-order valence-corrected chi connectivity index (χ4v) is 3.30. The molecule has 4 rings (SSSR count). The van der Waals surface area contributed by atoms with Crippen molar-refractivity contribution in [2.75, 3.05) is 0 Å². The Kier molecular flexibility index (Phi) is 5.20. The Labute approximate surface area is 167 Å². The van der Waals surface area contributed by atoms with Gasteiger partial charge in [0, 0.05) is 29.9 Å². The number of nitrogens with one attached hydrogen (secondary N) is 1. The van der Waals surface area contributed by atoms with Crippen LogP contribution in [0.15, 0.2) is 64.4 Å². The van der Waals surface area contributed by atoms with Crippen molar-refractivity contribution < 1.29 is 18.7 Å². The van der Waals surface area contributed by atoms with Crippen LogP contribution in [0.1, 0.15) is 50.6 Å². The number of hydrogen-bond donors (Lipinski definition) is 1. The normalized spacial score (nSPS) is 14.3. The number of para-hydroxylation sites is 1. The number of rotatable bonds is 4. The van der Waals surface area contributed by atoms with Gasteiger partial charge in [0.2, 0.25) is 5.76 Å². The van der Waals surface area contributed by atoms with Crippen LogP contribution < -0.4 is 10.2 Å². The highest BCUT2D eigenvalue weighted by molar-refractivity contribution is 6.06. The van der Waals surface area contributed by atoms with Crippen LogP contribution in [0.2, 0.25) is 0 Å². The van der Waals surface area contributed by atoms with Crippen molar-refractivity contribution in [2.45, 2.75) is 26.2 Å². The fourth-order valence-electron chi connectivity index (χ4n) is 3.30. The smallest absolute Gasteiger partial charge is 0.379 e. The van der Waals surface area contributed by atoms with E-state index in [0.717, 1.165) is 12.0 Å². The van der Waals surface area contributed by atoms with Crippen LogP contribution in [-0.2, 0) is 6.42 Å². The Bertz CT molecular complexity index is 1070. The number of carbonyl (C=O) groups is 2. The van der Waals surface area contributed by atoms with E-state index in [9.17, 15) is 9.59 Å². The van der Waals surface area contributed by atoms with Crippen molar-refractivity contribution in [3.05, 3.63) is 83.1 Å². The van der Waals surface area contributed by atoms with Gasteiger partial charge in [-0.05, 0) is 44.0 Å². The van der Waals surface area contributed by atoms with E-state index in [2.05, 4.69) is 15.5 Å². The number of benzene rings is 1. The molecule has 7 nitrogen and oxygen atoms in total. The monoisotopic (exact) mass is 389 g/mol. The van der Waals surface area contributed by atoms with Gasteiger partial charge in [-0.25, -0.2) is 10.2 Å². The van der Waals surface area contributed by atoms with Gasteiger partial charge in [0.05, 0.1) is 11.3 Å². The summed E-state index contributed by atoms with van der Waals surface area (Å²) in [6, 6.07) is 12.2. The molecular weight excluding hydrogens is 370 g/mol. The number of esters is 1. The molecular formula is C22H19N3O4. The second-order valence-corrected chi connectivity index (χ2v) is 6.65. The number of hydrazone groups is 1. The lowest BCUT2D eigenvalue weighted by molar-refractivity contribution is 0.0698. The first-order valence-corrected chi connectivity index (χ1v) is 9.30. The molecule has 0 aliphatic heterocycles. The van der Waals surface area contributed by atoms with E-state index in [1.54, 1.807) is 49.5 Å². The molecule has 1 amide bonds. The highest BCUT2D eigenvalue weighted by Gasteiger charge is 2.29. The van der Waals surface area contributed by atoms with Gasteiger partial charge in [0.1, 0.15) is 11.5 Å². The van der Waals surface area contributed by atoms with Crippen LogP contribution in [0.4, 0.5) is 0 Å². The van der Waals surface area contributed by atoms with E-state index < -0.39 is 5.97 Å². The molecule has 29 heavy (non-hydrogen) atoms. The van der Waals surface area contributed by atoms with Crippen LogP contribution in [0.3, 0.4) is 0 Å². The summed E-state index contributed by atoms with van der Waals surface area (Å²) in [4.78, 5) is 28.8. The van der Waals surface area contributed by atoms with Crippen LogP contribution in [0.25, 0.3) is 0 Å². The quantitative estimate of drug-likeness (QED) is 0.417. The standard InChI is InChI=1S/C22H19N3O4/c1-14-19-17(24-25-21(26)15-7-6-12-23-13-15)10-5-11-18(19)29-20(14)22(27)28-16-8-3-2-4-9-16/h2-4,6-9,12-13H,5,10-11H2,1H3,(H,25,26)/b24-17+. The third-order valence-electron chi connectivity index (χ3n) is 4.68. The van der Waals surface area contributed by atoms with Gasteiger partial charge in [0.25, 0.3) is 5.91 Å². The average molecular weight is 389 g/mol. The lowest BCUT2D eigenvalue weighted by Crippen LogP contribution is -2.22. The number of nitrogens with zero attached hydrogens (tertiary/aromatic N) is 2. The number of hydrogen-bond acceptors (Lipinski definition) is 6. The van der Waals surface area contributed by atoms with E-state index >= 15 is 0 Å². The average Bonchev–Trinajstić information content (AvgIpc) is 3.10. The first kappa shape index (κ1) is 18.6. The van der Waals surface area contributed by atoms with Gasteiger partial charge >= 0.3 is 5.97 Å². The Balaban J connectivity index is 1.57. The summed E-state index contributed by atoms with van der Waals surface area (Å²) < 4.78 is 11.2. The maximum absolute atomic E-state index is 12.6. The number of aryl methyl sites for hydroxylation is 1. The van der Waals surface area contributed by atoms with E-state index in [0.29, 0.717) is 41.2 Å². The third kappa shape index (κ3) is 3.94. The summed E-state index contributed by atoms with van der Waals surface area (Å²) in [5, 5.41) is 4.30. The minimum absolute atomic E-state index is 0.159. The van der Waals surface area contributed by atoms with Crippen molar-refractivity contribution in [1.82, 2.24) is 10.4 Å². The number of carbonyl (C=O) groups excluding carboxylic acids is 2. The molecule has 0 fully saturated rings. The minimum Gasteiger partial charge on any atom is -0.453 e. The van der Waals surface area contributed by atoms with Gasteiger partial charge in [-0.2, -0.15) is 5.10 Å². The maximum Gasteiger partial charge on any atom is 0.379 e. The lowest BCUT2D eigenvalue weighted by Gasteiger charge is -2.13. The van der Waals surface area contributed by atoms with Gasteiger partial charge in [-0.15, -0.1) is 0 Å². The lowest BCUT2D eigenvalue weighted by atomic mass is 9.93. The van der Waals surface area contributed by atoms with Crippen LogP contribution in [-0.4, -0.2) is 22.6 Å². The first-order chi connectivity index (χ1) is 14.1. The van der Waals surface area contributed by atoms with Crippen molar-refractivity contribution in [2.24, 2.45) is 5.10 Å². The Morgan fingerprint density at radius 1 is 1.14 bits per heavy atom. The number of ether oxygens (including phenoxy) is 1. The van der Waals surface area contributed by atoms with Gasteiger partial charge in [0.15, 0.2) is 0 Å². The summed E-state index contributed by atoms with van der Waals surface area (Å²) in [7, 11) is 0. The molecule has 1 aliphatic carbocycles. The number of aromatic nitrogens is 1. The third-order valence-corrected chi connectivity index (χ3v) is 4.68. The zero-order chi connectivity index (χ0) is 20.2. The molecule has 0 radical (unpaired) electrons. The molecule has 2 heterocycles. The predicted molar refractivity (Wildman–Crippen MR) is 106 cm³/mol. The van der Waals surface area contributed by atoms with Crippen molar-refractivity contribution in [3.8, 4) is 5.75 Å². The molecule has 7 heteroatoms.